The van der Waals surface area contributed by atoms with Crippen LogP contribution in [0.25, 0.3) is 67.5 Å². The van der Waals surface area contributed by atoms with Crippen LogP contribution in [0.15, 0.2) is 146 Å². The molecule has 8 rings (SSSR count). The molecule has 4 heteroatoms. The molecule has 2 aromatic heterocycles. The Kier molecular flexibility index (Phi) is 6.42. The van der Waals surface area contributed by atoms with E-state index in [0.29, 0.717) is 17.5 Å². The number of rotatable bonds is 5. The van der Waals surface area contributed by atoms with Crippen LogP contribution in [0.4, 0.5) is 0 Å². The van der Waals surface area contributed by atoms with Gasteiger partial charge in [0.2, 0.25) is 0 Å². The van der Waals surface area contributed by atoms with Crippen molar-refractivity contribution in [3.8, 4) is 67.5 Å². The van der Waals surface area contributed by atoms with E-state index < -0.39 is 0 Å². The highest BCUT2D eigenvalue weighted by Crippen LogP contribution is 2.49. The number of aromatic nitrogens is 4. The number of benzene rings is 5. The first kappa shape index (κ1) is 26.9. The van der Waals surface area contributed by atoms with E-state index in [4.69, 9.17) is 15.0 Å². The van der Waals surface area contributed by atoms with E-state index in [1.54, 1.807) is 6.20 Å². The lowest BCUT2D eigenvalue weighted by Gasteiger charge is -2.22. The van der Waals surface area contributed by atoms with Gasteiger partial charge in [0.15, 0.2) is 17.5 Å². The Hall–Kier alpha value is -5.74. The minimum absolute atomic E-state index is 0.0557. The minimum atomic E-state index is -0.0557. The van der Waals surface area contributed by atoms with Gasteiger partial charge in [0, 0.05) is 34.5 Å². The second-order valence-electron chi connectivity index (χ2n) is 12.0. The molecule has 0 aliphatic heterocycles. The Balaban J connectivity index is 1.21. The molecule has 2 heterocycles. The van der Waals surface area contributed by atoms with Gasteiger partial charge in [0.1, 0.15) is 0 Å². The molecule has 0 atom stereocenters. The third-order valence-electron chi connectivity index (χ3n) is 8.84. The van der Waals surface area contributed by atoms with Crippen molar-refractivity contribution in [1.82, 2.24) is 19.9 Å². The van der Waals surface area contributed by atoms with E-state index in [0.717, 1.165) is 33.4 Å². The molecule has 0 saturated heterocycles. The fourth-order valence-electron chi connectivity index (χ4n) is 6.42. The molecule has 0 spiro atoms. The van der Waals surface area contributed by atoms with E-state index in [-0.39, 0.29) is 5.41 Å². The third kappa shape index (κ3) is 4.81. The predicted molar refractivity (Wildman–Crippen MR) is 182 cm³/mol. The van der Waals surface area contributed by atoms with Crippen molar-refractivity contribution in [3.63, 3.8) is 0 Å². The maximum absolute atomic E-state index is 5.01. The molecular formula is C41H30N4. The van der Waals surface area contributed by atoms with Gasteiger partial charge >= 0.3 is 0 Å². The lowest BCUT2D eigenvalue weighted by Crippen LogP contribution is -2.14. The number of fused-ring (bicyclic) bond motifs is 3. The van der Waals surface area contributed by atoms with Crippen LogP contribution in [0, 0.1) is 0 Å². The molecule has 1 aliphatic carbocycles. The molecule has 7 aromatic rings. The monoisotopic (exact) mass is 578 g/mol. The van der Waals surface area contributed by atoms with Crippen molar-refractivity contribution in [2.45, 2.75) is 19.3 Å². The average Bonchev–Trinajstić information content (AvgIpc) is 3.34. The molecule has 4 nitrogen and oxygen atoms in total. The maximum Gasteiger partial charge on any atom is 0.164 e. The van der Waals surface area contributed by atoms with E-state index in [1.165, 1.54) is 27.8 Å². The first-order chi connectivity index (χ1) is 22.0. The summed E-state index contributed by atoms with van der Waals surface area (Å²) in [4.78, 5) is 19.2. The topological polar surface area (TPSA) is 51.6 Å². The molecule has 5 aromatic carbocycles. The van der Waals surface area contributed by atoms with Crippen LogP contribution in [-0.2, 0) is 5.41 Å². The number of pyridine rings is 1. The van der Waals surface area contributed by atoms with E-state index >= 15 is 0 Å². The van der Waals surface area contributed by atoms with Crippen molar-refractivity contribution in [1.29, 1.82) is 0 Å². The van der Waals surface area contributed by atoms with Gasteiger partial charge in [-0.2, -0.15) is 0 Å². The van der Waals surface area contributed by atoms with Crippen molar-refractivity contribution in [3.05, 3.63) is 157 Å². The first-order valence-electron chi connectivity index (χ1n) is 15.2. The fraction of sp³-hybridized carbons (Fsp3) is 0.0732. The maximum atomic E-state index is 5.01. The largest absolute Gasteiger partial charge is 0.264 e. The summed E-state index contributed by atoms with van der Waals surface area (Å²) >= 11 is 0. The van der Waals surface area contributed by atoms with Crippen molar-refractivity contribution < 1.29 is 0 Å². The van der Waals surface area contributed by atoms with Gasteiger partial charge < -0.3 is 0 Å². The fourth-order valence-corrected chi connectivity index (χ4v) is 6.42. The summed E-state index contributed by atoms with van der Waals surface area (Å²) in [6.07, 6.45) is 3.66. The molecule has 45 heavy (non-hydrogen) atoms. The Morgan fingerprint density at radius 2 is 0.956 bits per heavy atom. The van der Waals surface area contributed by atoms with E-state index in [2.05, 4.69) is 116 Å². The SMILES string of the molecule is CC1(C)c2ccccc2-c2ccc(-c3cccc(-c4nc(-c5ccccc5)nc(-c5ccc(-c6cccnc6)cc5)n4)c3)cc21. The van der Waals surface area contributed by atoms with Gasteiger partial charge in [-0.25, -0.2) is 15.0 Å². The minimum Gasteiger partial charge on any atom is -0.264 e. The van der Waals surface area contributed by atoms with E-state index in [1.807, 2.05) is 42.6 Å². The van der Waals surface area contributed by atoms with Crippen molar-refractivity contribution >= 4 is 0 Å². The summed E-state index contributed by atoms with van der Waals surface area (Å²) in [7, 11) is 0. The lowest BCUT2D eigenvalue weighted by molar-refractivity contribution is 0.660. The van der Waals surface area contributed by atoms with Crippen LogP contribution in [0.2, 0.25) is 0 Å². The van der Waals surface area contributed by atoms with Crippen LogP contribution in [0.5, 0.6) is 0 Å². The molecule has 0 bridgehead atoms. The molecule has 0 radical (unpaired) electrons. The third-order valence-corrected chi connectivity index (χ3v) is 8.84. The Bertz CT molecular complexity index is 2170. The predicted octanol–water partition coefficient (Wildman–Crippen LogP) is 9.91. The standard InChI is InChI=1S/C41H30N4/c1-41(2)36-16-7-6-15-34(36)35-22-21-31(25-37(35)41)30-12-8-13-32(24-30)40-44-38(28-10-4-3-5-11-28)43-39(45-40)29-19-17-27(18-20-29)33-14-9-23-42-26-33/h3-26H,1-2H3. The van der Waals surface area contributed by atoms with Crippen LogP contribution in [-0.4, -0.2) is 19.9 Å². The normalized spacial score (nSPS) is 12.8. The summed E-state index contributed by atoms with van der Waals surface area (Å²) in [5.74, 6) is 1.93. The molecule has 1 aliphatic rings. The van der Waals surface area contributed by atoms with Gasteiger partial charge in [-0.15, -0.1) is 0 Å². The van der Waals surface area contributed by atoms with E-state index in [9.17, 15) is 0 Å². The van der Waals surface area contributed by atoms with Crippen LogP contribution in [0.3, 0.4) is 0 Å². The summed E-state index contributed by atoms with van der Waals surface area (Å²) in [6, 6.07) is 46.6. The quantitative estimate of drug-likeness (QED) is 0.204. The summed E-state index contributed by atoms with van der Waals surface area (Å²) in [5.41, 5.74) is 12.6. The Morgan fingerprint density at radius 3 is 1.71 bits per heavy atom. The highest BCUT2D eigenvalue weighted by Gasteiger charge is 2.35. The Morgan fingerprint density at radius 1 is 0.400 bits per heavy atom. The second kappa shape index (κ2) is 10.8. The smallest absolute Gasteiger partial charge is 0.164 e. The van der Waals surface area contributed by atoms with Gasteiger partial charge in [-0.3, -0.25) is 4.98 Å². The van der Waals surface area contributed by atoms with Gasteiger partial charge in [-0.05, 0) is 62.7 Å². The average molecular weight is 579 g/mol. The molecular weight excluding hydrogens is 548 g/mol. The molecule has 0 unspecified atom stereocenters. The summed E-state index contributed by atoms with van der Waals surface area (Å²) in [6.45, 7) is 4.64. The van der Waals surface area contributed by atoms with Crippen LogP contribution < -0.4 is 0 Å². The molecule has 0 amide bonds. The molecule has 0 N–H and O–H groups in total. The van der Waals surface area contributed by atoms with Crippen LogP contribution in [0.1, 0.15) is 25.0 Å². The molecule has 0 saturated carbocycles. The summed E-state index contributed by atoms with van der Waals surface area (Å²) < 4.78 is 0. The summed E-state index contributed by atoms with van der Waals surface area (Å²) in [5, 5.41) is 0. The number of hydrogen-bond acceptors (Lipinski definition) is 4. The van der Waals surface area contributed by atoms with Crippen LogP contribution >= 0.6 is 0 Å². The number of hydrogen-bond donors (Lipinski definition) is 0. The first-order valence-corrected chi connectivity index (χ1v) is 15.2. The zero-order chi connectivity index (χ0) is 30.4. The Labute approximate surface area is 263 Å². The lowest BCUT2D eigenvalue weighted by atomic mass is 9.81. The highest BCUT2D eigenvalue weighted by molar-refractivity contribution is 5.84. The van der Waals surface area contributed by atoms with Crippen molar-refractivity contribution in [2.75, 3.05) is 0 Å². The zero-order valence-electron chi connectivity index (χ0n) is 25.1. The number of nitrogens with zero attached hydrogens (tertiary/aromatic N) is 4. The molecule has 0 fully saturated rings. The van der Waals surface area contributed by atoms with Crippen molar-refractivity contribution in [2.24, 2.45) is 0 Å². The molecule has 214 valence electrons. The van der Waals surface area contributed by atoms with Gasteiger partial charge in [0.05, 0.1) is 0 Å². The zero-order valence-corrected chi connectivity index (χ0v) is 25.1. The highest BCUT2D eigenvalue weighted by atomic mass is 15.0. The van der Waals surface area contributed by atoms with Gasteiger partial charge in [0.25, 0.3) is 0 Å². The second-order valence-corrected chi connectivity index (χ2v) is 12.0. The van der Waals surface area contributed by atoms with Gasteiger partial charge in [-0.1, -0.05) is 129 Å².